The molecule has 146 valence electrons. The summed E-state index contributed by atoms with van der Waals surface area (Å²) in [4.78, 5) is 8.39. The summed E-state index contributed by atoms with van der Waals surface area (Å²) in [5.41, 5.74) is 4.34. The quantitative estimate of drug-likeness (QED) is 0.466. The molecule has 4 nitrogen and oxygen atoms in total. The lowest BCUT2D eigenvalue weighted by atomic mass is 10.1. The van der Waals surface area contributed by atoms with Gasteiger partial charge < -0.3 is 14.4 Å². The fourth-order valence-corrected chi connectivity index (χ4v) is 5.03. The molecule has 1 aliphatic rings. The molecule has 0 saturated heterocycles. The van der Waals surface area contributed by atoms with Crippen molar-refractivity contribution in [3.05, 3.63) is 83.3 Å². The van der Waals surface area contributed by atoms with Gasteiger partial charge in [-0.2, -0.15) is 0 Å². The smallest absolute Gasteiger partial charge is 0.229 e. The number of nitrogens with zero attached hydrogens (tertiary/aromatic N) is 2. The van der Waals surface area contributed by atoms with Crippen LogP contribution >= 0.6 is 11.3 Å². The number of oxazole rings is 1. The number of fused-ring (bicyclic) bond motifs is 4. The maximum Gasteiger partial charge on any atom is 0.229 e. The minimum atomic E-state index is -0.937. The fourth-order valence-electron chi connectivity index (χ4n) is 3.81. The molecule has 3 heterocycles. The number of hydrogen-bond donors (Lipinski definition) is 1. The lowest BCUT2D eigenvalue weighted by molar-refractivity contribution is 0.189. The minimum absolute atomic E-state index is 0.260. The maximum absolute atomic E-state index is 14.0. The van der Waals surface area contributed by atoms with Gasteiger partial charge in [-0.15, -0.1) is 17.9 Å². The Morgan fingerprint density at radius 3 is 2.97 bits per heavy atom. The summed E-state index contributed by atoms with van der Waals surface area (Å²) in [6, 6.07) is 14.3. The van der Waals surface area contributed by atoms with E-state index in [1.165, 1.54) is 17.4 Å². The van der Waals surface area contributed by atoms with Gasteiger partial charge in [0.25, 0.3) is 0 Å². The van der Waals surface area contributed by atoms with Crippen LogP contribution in [-0.2, 0) is 6.42 Å². The number of aliphatic hydroxyl groups is 1. The normalized spacial score (nSPS) is 14.3. The molecule has 0 aliphatic carbocycles. The Labute approximate surface area is 171 Å². The monoisotopic (exact) mass is 406 g/mol. The standard InChI is InChI=1S/C23H19FN2O2S/c1-2-10-26-11-9-14-12-20(29-22(14)16-8-7-15(24)13-18(16)26)21(27)23-25-17-5-3-4-6-19(17)28-23/h2-8,12-13,21,27H,1,9-11H2. The molecule has 4 aromatic rings. The molecule has 29 heavy (non-hydrogen) atoms. The van der Waals surface area contributed by atoms with Crippen LogP contribution in [0.1, 0.15) is 22.4 Å². The fraction of sp³-hybridized carbons (Fsp3) is 0.174. The molecule has 0 bridgehead atoms. The van der Waals surface area contributed by atoms with E-state index in [0.717, 1.165) is 45.1 Å². The van der Waals surface area contributed by atoms with Crippen LogP contribution in [0.2, 0.25) is 0 Å². The van der Waals surface area contributed by atoms with E-state index in [9.17, 15) is 9.50 Å². The van der Waals surface area contributed by atoms with Gasteiger partial charge in [0.15, 0.2) is 11.7 Å². The van der Waals surface area contributed by atoms with Crippen LogP contribution in [0.15, 0.2) is 65.6 Å². The van der Waals surface area contributed by atoms with E-state index >= 15 is 0 Å². The third kappa shape index (κ3) is 3.14. The van der Waals surface area contributed by atoms with Gasteiger partial charge in [-0.25, -0.2) is 9.37 Å². The second-order valence-corrected chi connectivity index (χ2v) is 8.16. The molecule has 0 saturated carbocycles. The predicted molar refractivity (Wildman–Crippen MR) is 114 cm³/mol. The molecule has 5 rings (SSSR count). The van der Waals surface area contributed by atoms with Gasteiger partial charge in [-0.3, -0.25) is 0 Å². The summed E-state index contributed by atoms with van der Waals surface area (Å²) >= 11 is 1.51. The number of para-hydroxylation sites is 2. The van der Waals surface area contributed by atoms with Gasteiger partial charge >= 0.3 is 0 Å². The average molecular weight is 406 g/mol. The van der Waals surface area contributed by atoms with Gasteiger partial charge in [-0.05, 0) is 48.4 Å². The van der Waals surface area contributed by atoms with Crippen molar-refractivity contribution in [3.63, 3.8) is 0 Å². The van der Waals surface area contributed by atoms with E-state index in [2.05, 4.69) is 16.5 Å². The molecule has 1 unspecified atom stereocenters. The third-order valence-electron chi connectivity index (χ3n) is 5.19. The molecular weight excluding hydrogens is 387 g/mol. The van der Waals surface area contributed by atoms with E-state index in [1.807, 2.05) is 42.5 Å². The number of thiophene rings is 1. The molecule has 6 heteroatoms. The molecular formula is C23H19FN2O2S. The Balaban J connectivity index is 1.57. The molecule has 0 amide bonds. The summed E-state index contributed by atoms with van der Waals surface area (Å²) < 4.78 is 19.7. The minimum Gasteiger partial charge on any atom is -0.437 e. The first kappa shape index (κ1) is 18.1. The van der Waals surface area contributed by atoms with Gasteiger partial charge in [0.05, 0.1) is 0 Å². The lowest BCUT2D eigenvalue weighted by Gasteiger charge is -2.23. The number of rotatable bonds is 4. The number of aliphatic hydroxyl groups excluding tert-OH is 1. The highest BCUT2D eigenvalue weighted by molar-refractivity contribution is 7.15. The van der Waals surface area contributed by atoms with Gasteiger partial charge in [0, 0.05) is 34.1 Å². The predicted octanol–water partition coefficient (Wildman–Crippen LogP) is 5.33. The van der Waals surface area contributed by atoms with E-state index in [0.29, 0.717) is 12.1 Å². The molecule has 0 fully saturated rings. The lowest BCUT2D eigenvalue weighted by Crippen LogP contribution is -2.25. The second kappa shape index (κ2) is 7.13. The van der Waals surface area contributed by atoms with E-state index in [4.69, 9.17) is 4.42 Å². The Bertz CT molecular complexity index is 1180. The summed E-state index contributed by atoms with van der Waals surface area (Å²) in [5.74, 6) is 0.0276. The van der Waals surface area contributed by atoms with Gasteiger partial charge in [0.1, 0.15) is 11.3 Å². The van der Waals surface area contributed by atoms with Crippen LogP contribution in [-0.4, -0.2) is 23.2 Å². The van der Waals surface area contributed by atoms with Crippen LogP contribution in [0.5, 0.6) is 0 Å². The maximum atomic E-state index is 14.0. The van der Waals surface area contributed by atoms with E-state index < -0.39 is 6.10 Å². The molecule has 2 aromatic carbocycles. The van der Waals surface area contributed by atoms with E-state index in [-0.39, 0.29) is 11.7 Å². The molecule has 0 spiro atoms. The highest BCUT2D eigenvalue weighted by Crippen LogP contribution is 2.44. The molecule has 0 radical (unpaired) electrons. The Morgan fingerprint density at radius 2 is 2.14 bits per heavy atom. The number of hydrogen-bond acceptors (Lipinski definition) is 5. The van der Waals surface area contributed by atoms with Crippen LogP contribution < -0.4 is 4.90 Å². The molecule has 1 N–H and O–H groups in total. The molecule has 1 atom stereocenters. The first-order valence-corrected chi connectivity index (χ1v) is 10.3. The van der Waals surface area contributed by atoms with Crippen molar-refractivity contribution in [2.24, 2.45) is 0 Å². The Kier molecular flexibility index (Phi) is 4.45. The van der Waals surface area contributed by atoms with Gasteiger partial charge in [-0.1, -0.05) is 18.2 Å². The third-order valence-corrected chi connectivity index (χ3v) is 6.45. The first-order chi connectivity index (χ1) is 14.1. The van der Waals surface area contributed by atoms with Crippen molar-refractivity contribution in [1.29, 1.82) is 0 Å². The van der Waals surface area contributed by atoms with Crippen molar-refractivity contribution in [2.75, 3.05) is 18.0 Å². The largest absolute Gasteiger partial charge is 0.437 e. The van der Waals surface area contributed by atoms with Crippen molar-refractivity contribution >= 4 is 28.1 Å². The highest BCUT2D eigenvalue weighted by atomic mass is 32.1. The van der Waals surface area contributed by atoms with Crippen molar-refractivity contribution < 1.29 is 13.9 Å². The topological polar surface area (TPSA) is 49.5 Å². The van der Waals surface area contributed by atoms with Gasteiger partial charge in [0.2, 0.25) is 5.89 Å². The zero-order chi connectivity index (χ0) is 20.0. The number of halogens is 1. The summed E-state index contributed by atoms with van der Waals surface area (Å²) in [6.07, 6.45) is 1.69. The zero-order valence-electron chi connectivity index (χ0n) is 15.6. The van der Waals surface area contributed by atoms with Crippen LogP contribution in [0.4, 0.5) is 10.1 Å². The van der Waals surface area contributed by atoms with Crippen molar-refractivity contribution in [3.8, 4) is 10.4 Å². The number of aromatic nitrogens is 1. The van der Waals surface area contributed by atoms with Crippen LogP contribution in [0.25, 0.3) is 21.5 Å². The van der Waals surface area contributed by atoms with Crippen molar-refractivity contribution in [2.45, 2.75) is 12.5 Å². The molecule has 1 aliphatic heterocycles. The average Bonchev–Trinajstić information content (AvgIpc) is 3.32. The van der Waals surface area contributed by atoms with Crippen molar-refractivity contribution in [1.82, 2.24) is 4.98 Å². The first-order valence-electron chi connectivity index (χ1n) is 9.46. The van der Waals surface area contributed by atoms with Crippen LogP contribution in [0.3, 0.4) is 0 Å². The summed E-state index contributed by atoms with van der Waals surface area (Å²) in [5, 5.41) is 10.9. The second-order valence-electron chi connectivity index (χ2n) is 7.07. The summed E-state index contributed by atoms with van der Waals surface area (Å²) in [7, 11) is 0. The molecule has 2 aromatic heterocycles. The number of anilines is 1. The van der Waals surface area contributed by atoms with E-state index in [1.54, 1.807) is 6.07 Å². The SMILES string of the molecule is C=CCN1CCc2cc(C(O)c3nc4ccccc4o3)sc2-c2ccc(F)cc21. The highest BCUT2D eigenvalue weighted by Gasteiger charge is 2.26. The Morgan fingerprint density at radius 1 is 1.28 bits per heavy atom. The summed E-state index contributed by atoms with van der Waals surface area (Å²) in [6.45, 7) is 5.23. The zero-order valence-corrected chi connectivity index (χ0v) is 16.5. The Hall–Kier alpha value is -2.96. The number of benzene rings is 2. The van der Waals surface area contributed by atoms with Crippen LogP contribution in [0, 0.1) is 5.82 Å².